The van der Waals surface area contributed by atoms with E-state index in [0.717, 1.165) is 12.1 Å². The van der Waals surface area contributed by atoms with E-state index in [-0.39, 0.29) is 0 Å². The minimum absolute atomic E-state index is 0.757. The molecule has 1 radical (unpaired) electrons. The van der Waals surface area contributed by atoms with E-state index in [9.17, 15) is 0 Å². The first-order valence-electron chi connectivity index (χ1n) is 3.63. The van der Waals surface area contributed by atoms with Crippen LogP contribution in [0.5, 0.6) is 0 Å². The van der Waals surface area contributed by atoms with Crippen LogP contribution in [0.4, 0.5) is 0 Å². The second-order valence-electron chi connectivity index (χ2n) is 2.34. The molecule has 0 saturated heterocycles. The highest BCUT2D eigenvalue weighted by Gasteiger charge is 1.96. The first-order valence-corrected chi connectivity index (χ1v) is 3.63. The highest BCUT2D eigenvalue weighted by atomic mass is 15.4. The Balaban J connectivity index is 1.91. The molecule has 5 nitrogen and oxygen atoms in total. The van der Waals surface area contributed by atoms with Gasteiger partial charge >= 0.3 is 0 Å². The van der Waals surface area contributed by atoms with Crippen molar-refractivity contribution in [3.63, 3.8) is 0 Å². The van der Waals surface area contributed by atoms with Gasteiger partial charge in [0.15, 0.2) is 0 Å². The zero-order valence-corrected chi connectivity index (χ0v) is 6.38. The van der Waals surface area contributed by atoms with Crippen molar-refractivity contribution in [3.8, 4) is 0 Å². The van der Waals surface area contributed by atoms with E-state index in [4.69, 9.17) is 0 Å². The highest BCUT2D eigenvalue weighted by molar-refractivity contribution is 5.00. The van der Waals surface area contributed by atoms with E-state index in [2.05, 4.69) is 20.5 Å². The average molecular weight is 162 g/mol. The Kier molecular flexibility index (Phi) is 1.85. The molecule has 12 heavy (non-hydrogen) atoms. The third-order valence-electron chi connectivity index (χ3n) is 1.49. The molecule has 2 aromatic heterocycles. The van der Waals surface area contributed by atoms with E-state index < -0.39 is 0 Å². The maximum atomic E-state index is 4.00. The van der Waals surface area contributed by atoms with Crippen LogP contribution in [0, 0.1) is 6.54 Å². The fourth-order valence-corrected chi connectivity index (χ4v) is 0.906. The fourth-order valence-electron chi connectivity index (χ4n) is 0.906. The molecule has 0 aliphatic carbocycles. The largest absolute Gasteiger partial charge is 0.285 e. The molecule has 61 valence electrons. The van der Waals surface area contributed by atoms with Crippen molar-refractivity contribution in [2.45, 2.75) is 6.42 Å². The van der Waals surface area contributed by atoms with Crippen molar-refractivity contribution >= 4 is 0 Å². The van der Waals surface area contributed by atoms with Crippen molar-refractivity contribution in [1.29, 1.82) is 0 Å². The molecule has 0 aromatic carbocycles. The van der Waals surface area contributed by atoms with Gasteiger partial charge in [-0.15, -0.1) is 5.10 Å². The normalized spacial score (nSPS) is 10.3. The number of H-pyrrole nitrogens is 1. The molecule has 0 saturated carbocycles. The second kappa shape index (κ2) is 3.17. The summed E-state index contributed by atoms with van der Waals surface area (Å²) in [5, 5.41) is 14.2. The molecule has 0 aliphatic rings. The van der Waals surface area contributed by atoms with Crippen molar-refractivity contribution in [2.75, 3.05) is 0 Å². The molecular formula is C7H8N5. The standard InChI is InChI=1S/C7H8N5/c1-3-8-10-7(1)2-5-12-6-4-9-11-12/h1,3-6H,2H2,(H,8,10). The summed E-state index contributed by atoms with van der Waals surface area (Å²) in [4.78, 5) is 0. The topological polar surface area (TPSA) is 59.4 Å². The summed E-state index contributed by atoms with van der Waals surface area (Å²) in [7, 11) is 0. The molecule has 0 bridgehead atoms. The second-order valence-corrected chi connectivity index (χ2v) is 2.34. The van der Waals surface area contributed by atoms with Gasteiger partial charge in [-0.1, -0.05) is 5.21 Å². The summed E-state index contributed by atoms with van der Waals surface area (Å²) in [6, 6.07) is 1.92. The summed E-state index contributed by atoms with van der Waals surface area (Å²) in [5.41, 5.74) is 0.991. The van der Waals surface area contributed by atoms with Crippen LogP contribution in [0.2, 0.25) is 0 Å². The van der Waals surface area contributed by atoms with Crippen molar-refractivity contribution in [3.05, 3.63) is 36.9 Å². The van der Waals surface area contributed by atoms with Gasteiger partial charge in [0, 0.05) is 18.8 Å². The Morgan fingerprint density at radius 3 is 3.25 bits per heavy atom. The lowest BCUT2D eigenvalue weighted by molar-refractivity contribution is 0.718. The number of hydrogen-bond donors (Lipinski definition) is 1. The molecule has 2 aromatic rings. The van der Waals surface area contributed by atoms with E-state index >= 15 is 0 Å². The molecule has 0 aliphatic heterocycles. The minimum atomic E-state index is 0.757. The number of aromatic amines is 1. The number of rotatable bonds is 3. The Morgan fingerprint density at radius 2 is 2.58 bits per heavy atom. The Bertz CT molecular complexity index is 275. The van der Waals surface area contributed by atoms with Crippen molar-refractivity contribution < 1.29 is 0 Å². The number of hydrogen-bond acceptors (Lipinski definition) is 3. The lowest BCUT2D eigenvalue weighted by Crippen LogP contribution is -1.99. The fraction of sp³-hybridized carbons (Fsp3) is 0.143. The summed E-state index contributed by atoms with van der Waals surface area (Å²) < 4.78 is 1.66. The number of nitrogens with one attached hydrogen (secondary N) is 1. The highest BCUT2D eigenvalue weighted by Crippen LogP contribution is 1.96. The van der Waals surface area contributed by atoms with Gasteiger partial charge in [-0.2, -0.15) is 5.10 Å². The molecule has 2 rings (SSSR count). The van der Waals surface area contributed by atoms with Gasteiger partial charge in [0.05, 0.1) is 18.4 Å². The van der Waals surface area contributed by atoms with Crippen LogP contribution in [0.1, 0.15) is 5.69 Å². The molecule has 0 spiro atoms. The molecule has 0 unspecified atom stereocenters. The molecule has 0 atom stereocenters. The van der Waals surface area contributed by atoms with Gasteiger partial charge in [-0.05, 0) is 6.07 Å². The van der Waals surface area contributed by atoms with Crippen LogP contribution in [0.25, 0.3) is 0 Å². The van der Waals surface area contributed by atoms with Crippen molar-refractivity contribution in [1.82, 2.24) is 25.2 Å². The third kappa shape index (κ3) is 1.50. The molecule has 0 amide bonds. The summed E-state index contributed by atoms with van der Waals surface area (Å²) >= 11 is 0. The lowest BCUT2D eigenvalue weighted by atomic mass is 10.3. The van der Waals surface area contributed by atoms with Crippen LogP contribution in [0.3, 0.4) is 0 Å². The summed E-state index contributed by atoms with van der Waals surface area (Å²) in [6.45, 7) is 1.91. The predicted molar refractivity (Wildman–Crippen MR) is 42.0 cm³/mol. The molecule has 0 fully saturated rings. The van der Waals surface area contributed by atoms with Crippen LogP contribution in [-0.4, -0.2) is 25.2 Å². The van der Waals surface area contributed by atoms with Gasteiger partial charge < -0.3 is 0 Å². The molecule has 1 N–H and O–H groups in total. The van der Waals surface area contributed by atoms with Crippen LogP contribution in [0.15, 0.2) is 24.7 Å². The first-order chi connectivity index (χ1) is 5.95. The molecule has 2 heterocycles. The maximum absolute atomic E-state index is 4.00. The minimum Gasteiger partial charge on any atom is -0.285 e. The first kappa shape index (κ1) is 7.02. The quantitative estimate of drug-likeness (QED) is 0.704. The Hall–Kier alpha value is -1.65. The Morgan fingerprint density at radius 1 is 1.58 bits per heavy atom. The number of aromatic nitrogens is 5. The van der Waals surface area contributed by atoms with Gasteiger partial charge in [0.25, 0.3) is 0 Å². The summed E-state index contributed by atoms with van der Waals surface area (Å²) in [6.07, 6.45) is 5.98. The van der Waals surface area contributed by atoms with E-state index in [0.29, 0.717) is 0 Å². The summed E-state index contributed by atoms with van der Waals surface area (Å²) in [5.74, 6) is 0. The zero-order valence-electron chi connectivity index (χ0n) is 6.38. The van der Waals surface area contributed by atoms with Gasteiger partial charge in [0.1, 0.15) is 0 Å². The molecule has 5 heteroatoms. The molecular weight excluding hydrogens is 154 g/mol. The maximum Gasteiger partial charge on any atom is 0.0821 e. The monoisotopic (exact) mass is 162 g/mol. The van der Waals surface area contributed by atoms with Crippen LogP contribution in [-0.2, 0) is 6.42 Å². The van der Waals surface area contributed by atoms with Crippen molar-refractivity contribution in [2.24, 2.45) is 0 Å². The predicted octanol–water partition coefficient (Wildman–Crippen LogP) is 0.254. The van der Waals surface area contributed by atoms with Gasteiger partial charge in [-0.25, -0.2) is 4.68 Å². The zero-order chi connectivity index (χ0) is 8.23. The third-order valence-corrected chi connectivity index (χ3v) is 1.49. The lowest BCUT2D eigenvalue weighted by Gasteiger charge is -1.94. The van der Waals surface area contributed by atoms with E-state index in [1.807, 2.05) is 12.6 Å². The van der Waals surface area contributed by atoms with Crippen LogP contribution < -0.4 is 0 Å². The SMILES string of the molecule is [CH](Cc1cc[nH]n1)n1ccnn1. The van der Waals surface area contributed by atoms with E-state index in [1.54, 1.807) is 23.3 Å². The number of nitrogens with zero attached hydrogens (tertiary/aromatic N) is 4. The average Bonchev–Trinajstić information content (AvgIpc) is 2.74. The van der Waals surface area contributed by atoms with Gasteiger partial charge in [-0.3, -0.25) is 5.10 Å². The Labute approximate surface area is 69.4 Å². The smallest absolute Gasteiger partial charge is 0.0821 e. The van der Waals surface area contributed by atoms with Crippen LogP contribution >= 0.6 is 0 Å². The van der Waals surface area contributed by atoms with Gasteiger partial charge in [0.2, 0.25) is 0 Å². The van der Waals surface area contributed by atoms with E-state index in [1.165, 1.54) is 0 Å².